The molecule has 0 aliphatic rings. The van der Waals surface area contributed by atoms with E-state index in [4.69, 9.17) is 10.5 Å². The largest absolute Gasteiger partial charge is 0.488 e. The van der Waals surface area contributed by atoms with Crippen molar-refractivity contribution in [3.63, 3.8) is 0 Å². The van der Waals surface area contributed by atoms with Gasteiger partial charge in [0, 0.05) is 18.7 Å². The lowest BCUT2D eigenvalue weighted by Crippen LogP contribution is -2.09. The van der Waals surface area contributed by atoms with Crippen LogP contribution in [0.5, 0.6) is 5.75 Å². The number of hydrogen-bond donors (Lipinski definition) is 2. The molecule has 0 aliphatic carbocycles. The highest BCUT2D eigenvalue weighted by Gasteiger charge is 2.09. The standard InChI is InChI=1S/C12H19FN2O/c1-4-5-15-11-7-12(16-8(2)3)9(13)6-10(11)14/h6-8,15H,4-5,14H2,1-3H3. The second-order valence-corrected chi connectivity index (χ2v) is 3.96. The molecule has 0 unspecified atom stereocenters. The highest BCUT2D eigenvalue weighted by molar-refractivity contribution is 5.68. The van der Waals surface area contributed by atoms with Gasteiger partial charge >= 0.3 is 0 Å². The summed E-state index contributed by atoms with van der Waals surface area (Å²) in [6.07, 6.45) is 0.925. The van der Waals surface area contributed by atoms with Gasteiger partial charge in [0.1, 0.15) is 0 Å². The smallest absolute Gasteiger partial charge is 0.167 e. The molecule has 1 aromatic rings. The summed E-state index contributed by atoms with van der Waals surface area (Å²) in [5.41, 5.74) is 6.83. The second-order valence-electron chi connectivity index (χ2n) is 3.96. The van der Waals surface area contributed by atoms with E-state index in [1.54, 1.807) is 6.07 Å². The number of halogens is 1. The molecule has 1 aromatic carbocycles. The highest BCUT2D eigenvalue weighted by atomic mass is 19.1. The van der Waals surface area contributed by atoms with Gasteiger partial charge in [0.05, 0.1) is 17.5 Å². The Balaban J connectivity index is 2.92. The Labute approximate surface area is 95.8 Å². The summed E-state index contributed by atoms with van der Waals surface area (Å²) in [7, 11) is 0. The van der Waals surface area contributed by atoms with E-state index < -0.39 is 5.82 Å². The molecule has 0 spiro atoms. The molecule has 0 aromatic heterocycles. The van der Waals surface area contributed by atoms with Crippen LogP contribution in [0, 0.1) is 5.82 Å². The number of ether oxygens (including phenoxy) is 1. The third-order valence-corrected chi connectivity index (χ3v) is 2.03. The van der Waals surface area contributed by atoms with Crippen LogP contribution in [0.25, 0.3) is 0 Å². The molecule has 0 fully saturated rings. The van der Waals surface area contributed by atoms with E-state index in [1.807, 2.05) is 13.8 Å². The molecule has 0 saturated carbocycles. The molecule has 0 saturated heterocycles. The van der Waals surface area contributed by atoms with E-state index in [0.29, 0.717) is 5.69 Å². The van der Waals surface area contributed by atoms with Crippen molar-refractivity contribution in [3.8, 4) is 5.75 Å². The summed E-state index contributed by atoms with van der Waals surface area (Å²) in [4.78, 5) is 0. The number of nitrogen functional groups attached to an aromatic ring is 1. The summed E-state index contributed by atoms with van der Waals surface area (Å²) in [6.45, 7) is 6.57. The fraction of sp³-hybridized carbons (Fsp3) is 0.500. The first-order valence-corrected chi connectivity index (χ1v) is 5.54. The minimum atomic E-state index is -0.423. The van der Waals surface area contributed by atoms with Crippen LogP contribution in [0.3, 0.4) is 0 Å². The van der Waals surface area contributed by atoms with Crippen molar-refractivity contribution in [2.75, 3.05) is 17.6 Å². The van der Waals surface area contributed by atoms with Crippen LogP contribution < -0.4 is 15.8 Å². The summed E-state index contributed by atoms with van der Waals surface area (Å²) in [6, 6.07) is 2.90. The molecular formula is C12H19FN2O. The fourth-order valence-corrected chi connectivity index (χ4v) is 1.33. The molecule has 0 radical (unpaired) electrons. The van der Waals surface area contributed by atoms with Gasteiger partial charge in [0.15, 0.2) is 11.6 Å². The Morgan fingerprint density at radius 3 is 2.69 bits per heavy atom. The molecule has 0 bridgehead atoms. The van der Waals surface area contributed by atoms with Crippen LogP contribution in [-0.2, 0) is 0 Å². The average Bonchev–Trinajstić information content (AvgIpc) is 2.20. The van der Waals surface area contributed by atoms with E-state index in [0.717, 1.165) is 18.7 Å². The van der Waals surface area contributed by atoms with Crippen LogP contribution in [0.15, 0.2) is 12.1 Å². The van der Waals surface area contributed by atoms with Crippen molar-refractivity contribution in [3.05, 3.63) is 17.9 Å². The van der Waals surface area contributed by atoms with Crippen LogP contribution in [0.2, 0.25) is 0 Å². The molecule has 3 nitrogen and oxygen atoms in total. The van der Waals surface area contributed by atoms with Crippen LogP contribution in [0.1, 0.15) is 27.2 Å². The van der Waals surface area contributed by atoms with Gasteiger partial charge in [-0.3, -0.25) is 0 Å². The Kier molecular flexibility index (Phi) is 4.40. The van der Waals surface area contributed by atoms with Crippen molar-refractivity contribution in [1.82, 2.24) is 0 Å². The molecule has 0 amide bonds. The van der Waals surface area contributed by atoms with Crippen molar-refractivity contribution >= 4 is 11.4 Å². The number of nitrogens with two attached hydrogens (primary N) is 1. The van der Waals surface area contributed by atoms with Gasteiger partial charge in [-0.1, -0.05) is 6.92 Å². The maximum absolute atomic E-state index is 13.5. The molecule has 0 aliphatic heterocycles. The van der Waals surface area contributed by atoms with E-state index in [-0.39, 0.29) is 11.9 Å². The lowest BCUT2D eigenvalue weighted by Gasteiger charge is -2.14. The Bertz CT molecular complexity index is 353. The van der Waals surface area contributed by atoms with Gasteiger partial charge in [-0.15, -0.1) is 0 Å². The third kappa shape index (κ3) is 3.29. The van der Waals surface area contributed by atoms with Crippen molar-refractivity contribution in [2.45, 2.75) is 33.3 Å². The lowest BCUT2D eigenvalue weighted by atomic mass is 10.2. The minimum absolute atomic E-state index is 0.0582. The normalized spacial score (nSPS) is 10.6. The summed E-state index contributed by atoms with van der Waals surface area (Å²) in [5.74, 6) is -0.184. The number of benzene rings is 1. The Morgan fingerprint density at radius 1 is 1.44 bits per heavy atom. The first-order valence-electron chi connectivity index (χ1n) is 5.54. The zero-order valence-corrected chi connectivity index (χ0v) is 10.0. The first kappa shape index (κ1) is 12.6. The SMILES string of the molecule is CCCNc1cc(OC(C)C)c(F)cc1N. The molecule has 4 heteroatoms. The highest BCUT2D eigenvalue weighted by Crippen LogP contribution is 2.28. The van der Waals surface area contributed by atoms with Gasteiger partial charge in [0.2, 0.25) is 0 Å². The quantitative estimate of drug-likeness (QED) is 0.759. The van der Waals surface area contributed by atoms with Gasteiger partial charge in [0.25, 0.3) is 0 Å². The molecule has 0 atom stereocenters. The van der Waals surface area contributed by atoms with Crippen molar-refractivity contribution in [1.29, 1.82) is 0 Å². The Hall–Kier alpha value is -1.45. The maximum atomic E-state index is 13.5. The zero-order chi connectivity index (χ0) is 12.1. The lowest BCUT2D eigenvalue weighted by molar-refractivity contribution is 0.231. The van der Waals surface area contributed by atoms with Gasteiger partial charge in [-0.05, 0) is 20.3 Å². The van der Waals surface area contributed by atoms with Crippen LogP contribution >= 0.6 is 0 Å². The van der Waals surface area contributed by atoms with Gasteiger partial charge in [-0.2, -0.15) is 0 Å². The molecule has 0 heterocycles. The van der Waals surface area contributed by atoms with Crippen LogP contribution in [-0.4, -0.2) is 12.6 Å². The summed E-state index contributed by atoms with van der Waals surface area (Å²) < 4.78 is 18.8. The average molecular weight is 226 g/mol. The summed E-state index contributed by atoms with van der Waals surface area (Å²) in [5, 5.41) is 3.13. The minimum Gasteiger partial charge on any atom is -0.488 e. The van der Waals surface area contributed by atoms with Crippen LogP contribution in [0.4, 0.5) is 15.8 Å². The maximum Gasteiger partial charge on any atom is 0.167 e. The van der Waals surface area contributed by atoms with Gasteiger partial charge < -0.3 is 15.8 Å². The number of anilines is 2. The summed E-state index contributed by atoms with van der Waals surface area (Å²) >= 11 is 0. The molecule has 90 valence electrons. The van der Waals surface area contributed by atoms with Crippen molar-refractivity contribution in [2.24, 2.45) is 0 Å². The second kappa shape index (κ2) is 5.58. The number of hydrogen-bond acceptors (Lipinski definition) is 3. The van der Waals surface area contributed by atoms with Crippen molar-refractivity contribution < 1.29 is 9.13 Å². The monoisotopic (exact) mass is 226 g/mol. The molecule has 3 N–H and O–H groups in total. The Morgan fingerprint density at radius 2 is 2.12 bits per heavy atom. The first-order chi connectivity index (χ1) is 7.54. The number of nitrogens with one attached hydrogen (secondary N) is 1. The fourth-order valence-electron chi connectivity index (χ4n) is 1.33. The number of rotatable bonds is 5. The predicted molar refractivity (Wildman–Crippen MR) is 65.4 cm³/mol. The molecular weight excluding hydrogens is 207 g/mol. The van der Waals surface area contributed by atoms with Gasteiger partial charge in [-0.25, -0.2) is 4.39 Å². The molecule has 1 rings (SSSR count). The predicted octanol–water partition coefficient (Wildman–Crippen LogP) is 3.02. The van der Waals surface area contributed by atoms with E-state index in [2.05, 4.69) is 12.2 Å². The van der Waals surface area contributed by atoms with E-state index in [9.17, 15) is 4.39 Å². The topological polar surface area (TPSA) is 47.3 Å². The van der Waals surface area contributed by atoms with E-state index in [1.165, 1.54) is 6.07 Å². The zero-order valence-electron chi connectivity index (χ0n) is 10.0. The third-order valence-electron chi connectivity index (χ3n) is 2.03. The molecule has 16 heavy (non-hydrogen) atoms. The van der Waals surface area contributed by atoms with E-state index >= 15 is 0 Å².